The second-order valence-corrected chi connectivity index (χ2v) is 7.58. The summed E-state index contributed by atoms with van der Waals surface area (Å²) in [6.45, 7) is 8.85. The molecule has 0 spiro atoms. The van der Waals surface area contributed by atoms with E-state index in [4.69, 9.17) is 4.74 Å². The quantitative estimate of drug-likeness (QED) is 0.202. The summed E-state index contributed by atoms with van der Waals surface area (Å²) in [6, 6.07) is 10.8. The van der Waals surface area contributed by atoms with Crippen LogP contribution in [0.3, 0.4) is 0 Å². The number of nitrogens with zero attached hydrogens (tertiary/aromatic N) is 3. The number of halogens is 1. The molecule has 168 valence electrons. The average molecular weight is 527 g/mol. The van der Waals surface area contributed by atoms with Gasteiger partial charge in [-0.25, -0.2) is 0 Å². The Morgan fingerprint density at radius 2 is 1.90 bits per heavy atom. The van der Waals surface area contributed by atoms with Gasteiger partial charge in [0.15, 0.2) is 5.96 Å². The Morgan fingerprint density at radius 3 is 2.53 bits per heavy atom. The number of aromatic nitrogens is 2. The molecule has 1 aromatic heterocycles. The molecule has 2 rings (SSSR count). The van der Waals surface area contributed by atoms with E-state index in [-0.39, 0.29) is 30.0 Å². The molecule has 1 aromatic carbocycles. The summed E-state index contributed by atoms with van der Waals surface area (Å²) in [5, 5.41) is 11.4. The molecule has 7 heteroatoms. The highest BCUT2D eigenvalue weighted by Crippen LogP contribution is 2.14. The van der Waals surface area contributed by atoms with E-state index in [9.17, 15) is 0 Å². The van der Waals surface area contributed by atoms with Crippen LogP contribution in [0.25, 0.3) is 0 Å². The molecule has 0 aliphatic carbocycles. The maximum Gasteiger partial charge on any atom is 0.191 e. The fourth-order valence-electron chi connectivity index (χ4n) is 3.37. The molecule has 1 heterocycles. The Labute approximate surface area is 198 Å². The SMILES string of the molecule is CN=C(NCCCCOCCc1ccccc1)NC(C)Cc1c(C)nn(C)c1C.I. The predicted molar refractivity (Wildman–Crippen MR) is 136 cm³/mol. The van der Waals surface area contributed by atoms with Gasteiger partial charge in [-0.15, -0.1) is 24.0 Å². The van der Waals surface area contributed by atoms with E-state index in [0.29, 0.717) is 0 Å². The first kappa shape index (κ1) is 26.4. The Balaban J connectivity index is 0.00000450. The first-order valence-corrected chi connectivity index (χ1v) is 10.6. The van der Waals surface area contributed by atoms with Crippen LogP contribution in [0.15, 0.2) is 35.3 Å². The average Bonchev–Trinajstić information content (AvgIpc) is 2.95. The van der Waals surface area contributed by atoms with Crippen molar-refractivity contribution in [3.8, 4) is 0 Å². The molecule has 1 atom stereocenters. The minimum absolute atomic E-state index is 0. The summed E-state index contributed by atoms with van der Waals surface area (Å²) in [6.07, 6.45) is 4.01. The Morgan fingerprint density at radius 1 is 1.17 bits per heavy atom. The Bertz CT molecular complexity index is 760. The second-order valence-electron chi connectivity index (χ2n) is 7.58. The molecule has 0 saturated heterocycles. The number of nitrogens with one attached hydrogen (secondary N) is 2. The van der Waals surface area contributed by atoms with Crippen molar-refractivity contribution < 1.29 is 4.74 Å². The third kappa shape index (κ3) is 9.04. The van der Waals surface area contributed by atoms with Crippen LogP contribution in [0.4, 0.5) is 0 Å². The number of aliphatic imine (C=N–C) groups is 1. The van der Waals surface area contributed by atoms with Crippen molar-refractivity contribution in [2.24, 2.45) is 12.0 Å². The number of ether oxygens (including phenoxy) is 1. The van der Waals surface area contributed by atoms with Gasteiger partial charge in [0, 0.05) is 39.0 Å². The minimum Gasteiger partial charge on any atom is -0.381 e. The van der Waals surface area contributed by atoms with Crippen molar-refractivity contribution in [2.75, 3.05) is 26.8 Å². The molecule has 0 aliphatic rings. The largest absolute Gasteiger partial charge is 0.381 e. The standard InChI is InChI=1S/C23H37N5O.HI/c1-18(17-22-19(2)27-28(5)20(22)3)26-23(24-4)25-14-9-10-15-29-16-13-21-11-7-6-8-12-21;/h6-8,11-12,18H,9-10,13-17H2,1-5H3,(H2,24,25,26);1H. The molecule has 0 aliphatic heterocycles. The smallest absolute Gasteiger partial charge is 0.191 e. The van der Waals surface area contributed by atoms with Crippen LogP contribution < -0.4 is 10.6 Å². The summed E-state index contributed by atoms with van der Waals surface area (Å²) in [5.74, 6) is 0.849. The first-order chi connectivity index (χ1) is 14.0. The van der Waals surface area contributed by atoms with Crippen LogP contribution in [0.5, 0.6) is 0 Å². The number of aryl methyl sites for hydroxylation is 2. The van der Waals surface area contributed by atoms with E-state index in [2.05, 4.69) is 65.8 Å². The van der Waals surface area contributed by atoms with E-state index < -0.39 is 0 Å². The van der Waals surface area contributed by atoms with Gasteiger partial charge in [-0.2, -0.15) is 5.10 Å². The number of guanidine groups is 1. The number of rotatable bonds is 11. The van der Waals surface area contributed by atoms with Gasteiger partial charge >= 0.3 is 0 Å². The molecule has 6 nitrogen and oxygen atoms in total. The normalized spacial score (nSPS) is 12.4. The minimum atomic E-state index is 0. The molecule has 0 amide bonds. The van der Waals surface area contributed by atoms with Crippen LogP contribution >= 0.6 is 24.0 Å². The van der Waals surface area contributed by atoms with Crippen molar-refractivity contribution in [3.05, 3.63) is 52.8 Å². The maximum atomic E-state index is 5.74. The number of benzene rings is 1. The lowest BCUT2D eigenvalue weighted by Crippen LogP contribution is -2.43. The molecule has 0 saturated carbocycles. The molecule has 2 N–H and O–H groups in total. The zero-order valence-electron chi connectivity index (χ0n) is 19.1. The van der Waals surface area contributed by atoms with Gasteiger partial charge in [0.05, 0.1) is 12.3 Å². The highest BCUT2D eigenvalue weighted by atomic mass is 127. The lowest BCUT2D eigenvalue weighted by molar-refractivity contribution is 0.133. The molecular weight excluding hydrogens is 489 g/mol. The van der Waals surface area contributed by atoms with E-state index in [1.165, 1.54) is 16.8 Å². The van der Waals surface area contributed by atoms with E-state index in [1.807, 2.05) is 24.8 Å². The van der Waals surface area contributed by atoms with Crippen molar-refractivity contribution in [1.29, 1.82) is 0 Å². The molecule has 0 fully saturated rings. The van der Waals surface area contributed by atoms with Gasteiger partial charge in [0.25, 0.3) is 0 Å². The fraction of sp³-hybridized carbons (Fsp3) is 0.565. The van der Waals surface area contributed by atoms with E-state index >= 15 is 0 Å². The van der Waals surface area contributed by atoms with Gasteiger partial charge in [-0.3, -0.25) is 9.67 Å². The zero-order chi connectivity index (χ0) is 21.1. The number of hydrogen-bond acceptors (Lipinski definition) is 3. The lowest BCUT2D eigenvalue weighted by Gasteiger charge is -2.18. The molecule has 0 bridgehead atoms. The third-order valence-corrected chi connectivity index (χ3v) is 5.16. The maximum absolute atomic E-state index is 5.74. The van der Waals surface area contributed by atoms with E-state index in [1.54, 1.807) is 0 Å². The molecule has 0 radical (unpaired) electrons. The monoisotopic (exact) mass is 527 g/mol. The summed E-state index contributed by atoms with van der Waals surface area (Å²) >= 11 is 0. The zero-order valence-corrected chi connectivity index (χ0v) is 21.4. The van der Waals surface area contributed by atoms with Crippen molar-refractivity contribution in [3.63, 3.8) is 0 Å². The topological polar surface area (TPSA) is 63.5 Å². The number of hydrogen-bond donors (Lipinski definition) is 2. The van der Waals surface area contributed by atoms with Gasteiger partial charge < -0.3 is 15.4 Å². The summed E-state index contributed by atoms with van der Waals surface area (Å²) < 4.78 is 7.70. The summed E-state index contributed by atoms with van der Waals surface area (Å²) in [5.41, 5.74) is 4.98. The van der Waals surface area contributed by atoms with Crippen molar-refractivity contribution in [2.45, 2.75) is 52.5 Å². The van der Waals surface area contributed by atoms with Gasteiger partial charge in [-0.1, -0.05) is 30.3 Å². The van der Waals surface area contributed by atoms with Gasteiger partial charge in [0.1, 0.15) is 0 Å². The highest BCUT2D eigenvalue weighted by molar-refractivity contribution is 14.0. The highest BCUT2D eigenvalue weighted by Gasteiger charge is 2.13. The van der Waals surface area contributed by atoms with Crippen LogP contribution in [0.2, 0.25) is 0 Å². The summed E-state index contributed by atoms with van der Waals surface area (Å²) in [7, 11) is 3.81. The van der Waals surface area contributed by atoms with Gasteiger partial charge in [0.2, 0.25) is 0 Å². The van der Waals surface area contributed by atoms with E-state index in [0.717, 1.165) is 57.1 Å². The van der Waals surface area contributed by atoms with Crippen molar-refractivity contribution >= 4 is 29.9 Å². The molecule has 30 heavy (non-hydrogen) atoms. The summed E-state index contributed by atoms with van der Waals surface area (Å²) in [4.78, 5) is 4.34. The van der Waals surface area contributed by atoms with Crippen LogP contribution in [-0.4, -0.2) is 48.6 Å². The third-order valence-electron chi connectivity index (χ3n) is 5.16. The predicted octanol–water partition coefficient (Wildman–Crippen LogP) is 3.79. The fourth-order valence-corrected chi connectivity index (χ4v) is 3.37. The van der Waals surface area contributed by atoms with Crippen LogP contribution in [0.1, 0.15) is 42.3 Å². The lowest BCUT2D eigenvalue weighted by atomic mass is 10.1. The van der Waals surface area contributed by atoms with Crippen LogP contribution in [-0.2, 0) is 24.6 Å². The Kier molecular flexibility index (Phi) is 12.7. The second kappa shape index (κ2) is 14.4. The first-order valence-electron chi connectivity index (χ1n) is 10.6. The van der Waals surface area contributed by atoms with Crippen molar-refractivity contribution in [1.82, 2.24) is 20.4 Å². The molecule has 2 aromatic rings. The molecular formula is C23H38IN5O. The number of unbranched alkanes of at least 4 members (excludes halogenated alkanes) is 1. The van der Waals surface area contributed by atoms with Crippen LogP contribution in [0, 0.1) is 13.8 Å². The van der Waals surface area contributed by atoms with Gasteiger partial charge in [-0.05, 0) is 57.6 Å². The molecule has 1 unspecified atom stereocenters. The Hall–Kier alpha value is -1.61.